The lowest BCUT2D eigenvalue weighted by Crippen LogP contribution is -2.31. The Hall–Kier alpha value is -2.78. The predicted molar refractivity (Wildman–Crippen MR) is 95.9 cm³/mol. The first-order valence-electron chi connectivity index (χ1n) is 7.20. The smallest absolute Gasteiger partial charge is 0.335 e. The highest BCUT2D eigenvalue weighted by Gasteiger charge is 2.14. The summed E-state index contributed by atoms with van der Waals surface area (Å²) in [6.45, 7) is 1.94. The third-order valence-electron chi connectivity index (χ3n) is 3.25. The summed E-state index contributed by atoms with van der Waals surface area (Å²) in [7, 11) is 0. The van der Waals surface area contributed by atoms with E-state index in [0.29, 0.717) is 15.8 Å². The van der Waals surface area contributed by atoms with Crippen molar-refractivity contribution < 1.29 is 5.11 Å². The fourth-order valence-corrected chi connectivity index (χ4v) is 2.88. The summed E-state index contributed by atoms with van der Waals surface area (Å²) in [5.41, 5.74) is -1.41. The van der Waals surface area contributed by atoms with Gasteiger partial charge in [0.25, 0.3) is 5.56 Å². The van der Waals surface area contributed by atoms with Gasteiger partial charge in [0.1, 0.15) is 10.6 Å². The molecular formula is C15H12ClN5O3S. The van der Waals surface area contributed by atoms with Gasteiger partial charge in [-0.3, -0.25) is 9.78 Å². The zero-order valence-corrected chi connectivity index (χ0v) is 14.5. The van der Waals surface area contributed by atoms with Crippen LogP contribution in [0.4, 0.5) is 5.13 Å². The van der Waals surface area contributed by atoms with Crippen LogP contribution in [0, 0.1) is 0 Å². The summed E-state index contributed by atoms with van der Waals surface area (Å²) < 4.78 is 0.937. The number of H-pyrrole nitrogens is 1. The molecule has 0 aliphatic carbocycles. The maximum absolute atomic E-state index is 12.1. The molecule has 0 aliphatic rings. The van der Waals surface area contributed by atoms with Crippen molar-refractivity contribution in [2.45, 2.75) is 13.3 Å². The van der Waals surface area contributed by atoms with Gasteiger partial charge in [-0.2, -0.15) is 0 Å². The Labute approximate surface area is 150 Å². The molecule has 0 amide bonds. The summed E-state index contributed by atoms with van der Waals surface area (Å²) in [6, 6.07) is 6.31. The van der Waals surface area contributed by atoms with Crippen LogP contribution in [-0.2, 0) is 6.42 Å². The van der Waals surface area contributed by atoms with E-state index in [1.54, 1.807) is 18.2 Å². The highest BCUT2D eigenvalue weighted by molar-refractivity contribution is 7.14. The highest BCUT2D eigenvalue weighted by Crippen LogP contribution is 2.21. The van der Waals surface area contributed by atoms with Gasteiger partial charge in [-0.15, -0.1) is 10.2 Å². The van der Waals surface area contributed by atoms with E-state index in [4.69, 9.17) is 11.6 Å². The van der Waals surface area contributed by atoms with Crippen molar-refractivity contribution in [2.24, 2.45) is 4.99 Å². The van der Waals surface area contributed by atoms with Crippen LogP contribution in [0.1, 0.15) is 17.5 Å². The third kappa shape index (κ3) is 3.52. The van der Waals surface area contributed by atoms with Crippen molar-refractivity contribution in [1.82, 2.24) is 19.7 Å². The van der Waals surface area contributed by atoms with Gasteiger partial charge in [-0.25, -0.2) is 14.4 Å². The molecule has 3 aromatic rings. The second-order valence-corrected chi connectivity index (χ2v) is 6.38. The molecule has 0 atom stereocenters. The number of nitrogens with one attached hydrogen (secondary N) is 1. The molecule has 0 bridgehead atoms. The van der Waals surface area contributed by atoms with Crippen LogP contribution in [0.25, 0.3) is 5.69 Å². The van der Waals surface area contributed by atoms with Crippen molar-refractivity contribution in [2.75, 3.05) is 0 Å². The van der Waals surface area contributed by atoms with Crippen LogP contribution >= 0.6 is 22.9 Å². The highest BCUT2D eigenvalue weighted by atomic mass is 35.5. The molecule has 0 spiro atoms. The number of halogens is 1. The lowest BCUT2D eigenvalue weighted by atomic mass is 10.3. The Kier molecular flexibility index (Phi) is 4.77. The molecule has 128 valence electrons. The van der Waals surface area contributed by atoms with E-state index < -0.39 is 17.1 Å². The first kappa shape index (κ1) is 17.1. The van der Waals surface area contributed by atoms with Gasteiger partial charge in [0.2, 0.25) is 11.0 Å². The molecule has 0 saturated carbocycles. The summed E-state index contributed by atoms with van der Waals surface area (Å²) in [4.78, 5) is 30.3. The van der Waals surface area contributed by atoms with Crippen molar-refractivity contribution in [3.63, 3.8) is 0 Å². The molecule has 0 saturated heterocycles. The van der Waals surface area contributed by atoms with Crippen molar-refractivity contribution >= 4 is 34.3 Å². The average Bonchev–Trinajstić information content (AvgIpc) is 3.02. The van der Waals surface area contributed by atoms with E-state index in [2.05, 4.69) is 20.2 Å². The van der Waals surface area contributed by atoms with Crippen molar-refractivity contribution in [1.29, 1.82) is 0 Å². The van der Waals surface area contributed by atoms with Gasteiger partial charge in [-0.05, 0) is 24.6 Å². The van der Waals surface area contributed by atoms with Gasteiger partial charge >= 0.3 is 5.69 Å². The van der Waals surface area contributed by atoms with Crippen LogP contribution in [0.2, 0.25) is 5.02 Å². The van der Waals surface area contributed by atoms with E-state index >= 15 is 0 Å². The SMILES string of the molecule is CCc1nnc(/N=C/c2c(O)n(-c3cccc(Cl)c3)c(=O)[nH]c2=O)s1. The van der Waals surface area contributed by atoms with E-state index in [0.717, 1.165) is 22.2 Å². The number of aliphatic imine (C=N–C) groups is 1. The molecule has 0 radical (unpaired) electrons. The third-order valence-corrected chi connectivity index (χ3v) is 4.46. The Bertz CT molecular complexity index is 1070. The van der Waals surface area contributed by atoms with Gasteiger partial charge < -0.3 is 5.11 Å². The summed E-state index contributed by atoms with van der Waals surface area (Å²) in [5.74, 6) is -0.542. The van der Waals surface area contributed by atoms with Crippen LogP contribution < -0.4 is 11.2 Å². The summed E-state index contributed by atoms with van der Waals surface area (Å²) >= 11 is 7.19. The molecule has 0 aliphatic heterocycles. The second-order valence-electron chi connectivity index (χ2n) is 4.90. The standard InChI is InChI=1S/C15H12ClN5O3S/c1-2-11-19-20-14(25-11)17-7-10-12(22)18-15(24)21(13(10)23)9-5-3-4-8(16)6-9/h3-7,23H,2H2,1H3,(H,18,22,24)/b17-7+. The first-order valence-corrected chi connectivity index (χ1v) is 8.39. The molecule has 3 rings (SSSR count). The van der Waals surface area contributed by atoms with E-state index in [1.165, 1.54) is 17.4 Å². The number of rotatable bonds is 4. The van der Waals surface area contributed by atoms with Crippen molar-refractivity contribution in [3.8, 4) is 11.6 Å². The zero-order chi connectivity index (χ0) is 18.0. The van der Waals surface area contributed by atoms with E-state index in [9.17, 15) is 14.7 Å². The number of aromatic hydroxyl groups is 1. The first-order chi connectivity index (χ1) is 12.0. The molecule has 0 fully saturated rings. The Morgan fingerprint density at radius 2 is 2.20 bits per heavy atom. The lowest BCUT2D eigenvalue weighted by Gasteiger charge is -2.09. The largest absolute Gasteiger partial charge is 0.493 e. The minimum absolute atomic E-state index is 0.173. The monoisotopic (exact) mass is 377 g/mol. The van der Waals surface area contributed by atoms with Crippen LogP contribution in [0.5, 0.6) is 5.88 Å². The zero-order valence-electron chi connectivity index (χ0n) is 12.9. The normalized spacial score (nSPS) is 11.3. The van der Waals surface area contributed by atoms with Crippen molar-refractivity contribution in [3.05, 3.63) is 60.7 Å². The molecule has 10 heteroatoms. The van der Waals surface area contributed by atoms with Crippen LogP contribution in [-0.4, -0.2) is 31.1 Å². The van der Waals surface area contributed by atoms with Gasteiger partial charge in [0.05, 0.1) is 5.69 Å². The molecule has 25 heavy (non-hydrogen) atoms. The molecule has 2 N–H and O–H groups in total. The molecule has 2 aromatic heterocycles. The molecular weight excluding hydrogens is 366 g/mol. The van der Waals surface area contributed by atoms with Crippen LogP contribution in [0.3, 0.4) is 0 Å². The fourth-order valence-electron chi connectivity index (χ4n) is 2.07. The Morgan fingerprint density at radius 3 is 2.88 bits per heavy atom. The minimum Gasteiger partial charge on any atom is -0.493 e. The van der Waals surface area contributed by atoms with Gasteiger partial charge in [-0.1, -0.05) is 35.9 Å². The van der Waals surface area contributed by atoms with Gasteiger partial charge in [0, 0.05) is 11.2 Å². The lowest BCUT2D eigenvalue weighted by molar-refractivity contribution is 0.430. The topological polar surface area (TPSA) is 113 Å². The molecule has 1 aromatic carbocycles. The number of hydrogen-bond acceptors (Lipinski definition) is 7. The quantitative estimate of drug-likeness (QED) is 0.675. The number of aromatic nitrogens is 4. The molecule has 2 heterocycles. The summed E-state index contributed by atoms with van der Waals surface area (Å²) in [6.07, 6.45) is 1.87. The minimum atomic E-state index is -0.786. The maximum Gasteiger partial charge on any atom is 0.335 e. The number of aromatic amines is 1. The maximum atomic E-state index is 12.1. The van der Waals surface area contributed by atoms with E-state index in [1.807, 2.05) is 6.92 Å². The Morgan fingerprint density at radius 1 is 1.40 bits per heavy atom. The number of benzene rings is 1. The number of nitrogens with zero attached hydrogens (tertiary/aromatic N) is 4. The predicted octanol–water partition coefficient (Wildman–Crippen LogP) is 2.05. The van der Waals surface area contributed by atoms with E-state index in [-0.39, 0.29) is 5.56 Å². The summed E-state index contributed by atoms with van der Waals surface area (Å²) in [5, 5.41) is 19.7. The molecule has 8 nitrogen and oxygen atoms in total. The number of aryl methyl sites for hydroxylation is 1. The average molecular weight is 378 g/mol. The fraction of sp³-hybridized carbons (Fsp3) is 0.133. The molecule has 0 unspecified atom stereocenters. The van der Waals surface area contributed by atoms with Gasteiger partial charge in [0.15, 0.2) is 0 Å². The Balaban J connectivity index is 2.10. The second kappa shape index (κ2) is 6.99. The van der Waals surface area contributed by atoms with Crippen LogP contribution in [0.15, 0.2) is 38.8 Å². The number of hydrogen-bond donors (Lipinski definition) is 2.